The molecule has 1 aliphatic rings. The number of carbonyl (C=O) groups is 1. The topological polar surface area (TPSA) is 50.8 Å². The van der Waals surface area contributed by atoms with E-state index in [9.17, 15) is 9.18 Å². The second kappa shape index (κ2) is 9.38. The summed E-state index contributed by atoms with van der Waals surface area (Å²) in [6.07, 6.45) is 1.69. The first kappa shape index (κ1) is 21.8. The third kappa shape index (κ3) is 4.74. The predicted molar refractivity (Wildman–Crippen MR) is 126 cm³/mol. The molecule has 0 unspecified atom stereocenters. The number of halogens is 2. The molecule has 0 radical (unpaired) electrons. The molecule has 0 saturated carbocycles. The molecule has 32 heavy (non-hydrogen) atoms. The number of benzene rings is 3. The molecular weight excluding hydrogens is 451 g/mol. The van der Waals surface area contributed by atoms with E-state index >= 15 is 0 Å². The van der Waals surface area contributed by atoms with Gasteiger partial charge in [-0.1, -0.05) is 23.7 Å². The Kier molecular flexibility index (Phi) is 6.39. The van der Waals surface area contributed by atoms with E-state index < -0.39 is 0 Å². The van der Waals surface area contributed by atoms with Crippen molar-refractivity contribution in [2.45, 2.75) is 6.61 Å². The van der Waals surface area contributed by atoms with E-state index in [2.05, 4.69) is 5.32 Å². The fourth-order valence-corrected chi connectivity index (χ4v) is 3.72. The van der Waals surface area contributed by atoms with Crippen molar-refractivity contribution in [1.29, 1.82) is 0 Å². The van der Waals surface area contributed by atoms with Crippen molar-refractivity contribution in [1.82, 2.24) is 5.32 Å². The maximum atomic E-state index is 13.2. The molecule has 5 nitrogen and oxygen atoms in total. The van der Waals surface area contributed by atoms with Gasteiger partial charge < -0.3 is 14.8 Å². The molecule has 1 fully saturated rings. The van der Waals surface area contributed by atoms with E-state index in [0.717, 1.165) is 11.1 Å². The van der Waals surface area contributed by atoms with Gasteiger partial charge >= 0.3 is 0 Å². The lowest BCUT2D eigenvalue weighted by Gasteiger charge is -2.13. The van der Waals surface area contributed by atoms with Gasteiger partial charge in [0.25, 0.3) is 5.91 Å². The smallest absolute Gasteiger partial charge is 0.281 e. The van der Waals surface area contributed by atoms with Gasteiger partial charge in [0.15, 0.2) is 5.11 Å². The van der Waals surface area contributed by atoms with Crippen molar-refractivity contribution in [2.75, 3.05) is 12.0 Å². The van der Waals surface area contributed by atoms with Gasteiger partial charge in [0.2, 0.25) is 0 Å². The summed E-state index contributed by atoms with van der Waals surface area (Å²) in [6, 6.07) is 18.2. The molecule has 1 heterocycles. The molecule has 162 valence electrons. The molecule has 0 aliphatic carbocycles. The summed E-state index contributed by atoms with van der Waals surface area (Å²) in [5, 5.41) is 3.74. The molecule has 1 N–H and O–H groups in total. The number of thiocarbonyl (C=S) groups is 1. The van der Waals surface area contributed by atoms with Gasteiger partial charge in [-0.3, -0.25) is 9.69 Å². The summed E-state index contributed by atoms with van der Waals surface area (Å²) in [7, 11) is 1.58. The Bertz CT molecular complexity index is 1210. The van der Waals surface area contributed by atoms with Gasteiger partial charge in [-0.15, -0.1) is 0 Å². The molecular formula is C24H18ClFN2O3S. The molecule has 8 heteroatoms. The number of anilines is 1. The number of methoxy groups -OCH3 is 1. The number of nitrogens with one attached hydrogen (secondary N) is 1. The summed E-state index contributed by atoms with van der Waals surface area (Å²) < 4.78 is 24.5. The first-order chi connectivity index (χ1) is 15.4. The third-order valence-electron chi connectivity index (χ3n) is 4.77. The summed E-state index contributed by atoms with van der Waals surface area (Å²) in [6.45, 7) is 0.252. The fourth-order valence-electron chi connectivity index (χ4n) is 3.25. The largest absolute Gasteiger partial charge is 0.496 e. The Morgan fingerprint density at radius 3 is 2.62 bits per heavy atom. The van der Waals surface area contributed by atoms with Crippen LogP contribution in [0.25, 0.3) is 6.08 Å². The van der Waals surface area contributed by atoms with Crippen molar-refractivity contribution in [3.05, 3.63) is 94.4 Å². The molecule has 1 saturated heterocycles. The van der Waals surface area contributed by atoms with E-state index in [4.69, 9.17) is 33.3 Å². The molecule has 4 rings (SSSR count). The van der Waals surface area contributed by atoms with Gasteiger partial charge in [-0.05, 0) is 78.5 Å². The van der Waals surface area contributed by atoms with Gasteiger partial charge in [-0.25, -0.2) is 4.39 Å². The first-order valence-electron chi connectivity index (χ1n) is 9.62. The monoisotopic (exact) mass is 468 g/mol. The van der Waals surface area contributed by atoms with Crippen molar-refractivity contribution >= 4 is 46.6 Å². The van der Waals surface area contributed by atoms with E-state index in [1.54, 1.807) is 31.4 Å². The van der Waals surface area contributed by atoms with Crippen LogP contribution in [0.15, 0.2) is 72.4 Å². The molecule has 0 atom stereocenters. The Morgan fingerprint density at radius 2 is 1.91 bits per heavy atom. The lowest BCUT2D eigenvalue weighted by molar-refractivity contribution is -0.113. The van der Waals surface area contributed by atoms with Crippen LogP contribution in [0.2, 0.25) is 5.02 Å². The van der Waals surface area contributed by atoms with Crippen LogP contribution in [0, 0.1) is 5.82 Å². The molecule has 1 aliphatic heterocycles. The zero-order chi connectivity index (χ0) is 22.7. The van der Waals surface area contributed by atoms with E-state index in [0.29, 0.717) is 27.9 Å². The number of carbonyl (C=O) groups excluding carboxylic acids is 1. The Balaban J connectivity index is 1.57. The molecule has 0 spiro atoms. The van der Waals surface area contributed by atoms with Gasteiger partial charge in [0.1, 0.15) is 29.6 Å². The van der Waals surface area contributed by atoms with Crippen LogP contribution in [0.1, 0.15) is 11.1 Å². The maximum absolute atomic E-state index is 13.2. The number of amides is 1. The zero-order valence-electron chi connectivity index (χ0n) is 17.0. The second-order valence-electron chi connectivity index (χ2n) is 6.92. The fraction of sp³-hybridized carbons (Fsp3) is 0.0833. The SMILES string of the molecule is COc1ccc(/C=C2/NC(=S)N(c3ccc(F)cc3)C2=O)cc1COc1cccc(Cl)c1. The van der Waals surface area contributed by atoms with Gasteiger partial charge in [0, 0.05) is 10.6 Å². The van der Waals surface area contributed by atoms with E-state index in [1.807, 2.05) is 24.3 Å². The lowest BCUT2D eigenvalue weighted by atomic mass is 10.1. The highest BCUT2D eigenvalue weighted by Gasteiger charge is 2.32. The normalized spacial score (nSPS) is 14.6. The van der Waals surface area contributed by atoms with Crippen LogP contribution in [-0.2, 0) is 11.4 Å². The van der Waals surface area contributed by atoms with E-state index in [1.165, 1.54) is 29.2 Å². The van der Waals surface area contributed by atoms with E-state index in [-0.39, 0.29) is 23.4 Å². The highest BCUT2D eigenvalue weighted by Crippen LogP contribution is 2.26. The van der Waals surface area contributed by atoms with Crippen molar-refractivity contribution in [2.24, 2.45) is 0 Å². The number of hydrogen-bond donors (Lipinski definition) is 1. The standard InChI is InChI=1S/C24H18ClFN2O3S/c1-30-22-10-5-15(11-16(22)14-31-20-4-2-3-17(25)13-20)12-21-23(29)28(24(32)27-21)19-8-6-18(26)7-9-19/h2-13H,14H2,1H3,(H,27,32)/b21-12+. The van der Waals surface area contributed by atoms with Gasteiger partial charge in [0.05, 0.1) is 12.8 Å². The second-order valence-corrected chi connectivity index (χ2v) is 7.75. The minimum atomic E-state index is -0.388. The molecule has 3 aromatic rings. The molecule has 1 amide bonds. The van der Waals surface area contributed by atoms with Crippen LogP contribution in [0.5, 0.6) is 11.5 Å². The van der Waals surface area contributed by atoms with Crippen LogP contribution < -0.4 is 19.7 Å². The quantitative estimate of drug-likeness (QED) is 0.391. The Morgan fingerprint density at radius 1 is 1.12 bits per heavy atom. The molecule has 0 aromatic heterocycles. The Hall–Kier alpha value is -3.42. The highest BCUT2D eigenvalue weighted by atomic mass is 35.5. The minimum absolute atomic E-state index is 0.228. The average Bonchev–Trinajstić information content (AvgIpc) is 3.06. The molecule has 3 aromatic carbocycles. The van der Waals surface area contributed by atoms with Gasteiger partial charge in [-0.2, -0.15) is 0 Å². The van der Waals surface area contributed by atoms with Crippen LogP contribution in [0.3, 0.4) is 0 Å². The summed E-state index contributed by atoms with van der Waals surface area (Å²) in [5.41, 5.74) is 2.36. The van der Waals surface area contributed by atoms with Crippen LogP contribution in [-0.4, -0.2) is 18.1 Å². The highest BCUT2D eigenvalue weighted by molar-refractivity contribution is 7.80. The number of nitrogens with zero attached hydrogens (tertiary/aromatic N) is 1. The van der Waals surface area contributed by atoms with Crippen LogP contribution >= 0.6 is 23.8 Å². The third-order valence-corrected chi connectivity index (χ3v) is 5.29. The predicted octanol–water partition coefficient (Wildman–Crippen LogP) is 5.33. The van der Waals surface area contributed by atoms with Crippen molar-refractivity contribution in [3.8, 4) is 11.5 Å². The number of rotatable bonds is 6. The first-order valence-corrected chi connectivity index (χ1v) is 10.4. The summed E-state index contributed by atoms with van der Waals surface area (Å²) in [5.74, 6) is 0.578. The summed E-state index contributed by atoms with van der Waals surface area (Å²) in [4.78, 5) is 14.2. The zero-order valence-corrected chi connectivity index (χ0v) is 18.5. The average molecular weight is 469 g/mol. The minimum Gasteiger partial charge on any atom is -0.496 e. The number of hydrogen-bond acceptors (Lipinski definition) is 4. The van der Waals surface area contributed by atoms with Crippen LogP contribution in [0.4, 0.5) is 10.1 Å². The molecule has 0 bridgehead atoms. The maximum Gasteiger partial charge on any atom is 0.281 e. The summed E-state index contributed by atoms with van der Waals surface area (Å²) >= 11 is 11.3. The van der Waals surface area contributed by atoms with Crippen molar-refractivity contribution in [3.63, 3.8) is 0 Å². The Labute approximate surface area is 195 Å². The van der Waals surface area contributed by atoms with Crippen molar-refractivity contribution < 1.29 is 18.7 Å². The lowest BCUT2D eigenvalue weighted by Crippen LogP contribution is -2.30. The number of ether oxygens (including phenoxy) is 2.